The first-order chi connectivity index (χ1) is 7.69. The van der Waals surface area contributed by atoms with E-state index in [-0.39, 0.29) is 0 Å². The van der Waals surface area contributed by atoms with Gasteiger partial charge in [0.25, 0.3) is 0 Å². The molecule has 4 bridgehead atoms. The van der Waals surface area contributed by atoms with Crippen molar-refractivity contribution in [1.82, 2.24) is 0 Å². The average molecular weight is 222 g/mol. The maximum atomic E-state index is 5.84. The van der Waals surface area contributed by atoms with Gasteiger partial charge < -0.3 is 11.5 Å². The lowest BCUT2D eigenvalue weighted by Crippen LogP contribution is -2.52. The van der Waals surface area contributed by atoms with E-state index >= 15 is 0 Å². The fraction of sp³-hybridized carbons (Fsp3) is 1.00. The van der Waals surface area contributed by atoms with E-state index in [1.165, 1.54) is 51.4 Å². The van der Waals surface area contributed by atoms with E-state index in [9.17, 15) is 0 Å². The summed E-state index contributed by atoms with van der Waals surface area (Å²) >= 11 is 0. The standard InChI is InChI=1S/C14H26N2/c15-3-1-13-6-11-5-12(7-13)9-14(8-11,10-13)2-4-16/h11-12H,1-10,15-16H2. The Morgan fingerprint density at radius 1 is 0.812 bits per heavy atom. The first kappa shape index (κ1) is 11.0. The molecule has 0 aromatic heterocycles. The van der Waals surface area contributed by atoms with Crippen LogP contribution < -0.4 is 11.5 Å². The molecule has 0 saturated heterocycles. The van der Waals surface area contributed by atoms with E-state index < -0.39 is 0 Å². The zero-order valence-corrected chi connectivity index (χ0v) is 10.4. The Labute approximate surface area is 99.1 Å². The maximum absolute atomic E-state index is 5.84. The van der Waals surface area contributed by atoms with Gasteiger partial charge in [-0.15, -0.1) is 0 Å². The van der Waals surface area contributed by atoms with E-state index in [1.54, 1.807) is 0 Å². The summed E-state index contributed by atoms with van der Waals surface area (Å²) in [4.78, 5) is 0. The van der Waals surface area contributed by atoms with Gasteiger partial charge in [-0.3, -0.25) is 0 Å². The molecule has 0 spiro atoms. The molecule has 4 rings (SSSR count). The smallest absolute Gasteiger partial charge is 0.00720 e. The molecule has 4 N–H and O–H groups in total. The Morgan fingerprint density at radius 3 is 1.62 bits per heavy atom. The zero-order chi connectivity index (χ0) is 11.2. The van der Waals surface area contributed by atoms with E-state index in [0.717, 1.165) is 24.9 Å². The molecule has 0 aliphatic heterocycles. The van der Waals surface area contributed by atoms with Gasteiger partial charge in [-0.1, -0.05) is 0 Å². The minimum Gasteiger partial charge on any atom is -0.330 e. The van der Waals surface area contributed by atoms with Crippen LogP contribution in [0.15, 0.2) is 0 Å². The minimum absolute atomic E-state index is 0.633. The first-order valence-electron chi connectivity index (χ1n) is 7.09. The Bertz CT molecular complexity index is 236. The number of hydrogen-bond acceptors (Lipinski definition) is 2. The lowest BCUT2D eigenvalue weighted by molar-refractivity contribution is -0.115. The quantitative estimate of drug-likeness (QED) is 0.766. The molecule has 0 aromatic rings. The highest BCUT2D eigenvalue weighted by Crippen LogP contribution is 2.67. The Hall–Kier alpha value is -0.0800. The van der Waals surface area contributed by atoms with Gasteiger partial charge in [0.05, 0.1) is 0 Å². The Balaban J connectivity index is 1.85. The molecule has 4 aliphatic carbocycles. The minimum atomic E-state index is 0.633. The zero-order valence-electron chi connectivity index (χ0n) is 10.4. The third-order valence-electron chi connectivity index (χ3n) is 5.65. The molecule has 0 aromatic carbocycles. The Kier molecular flexibility index (Phi) is 2.56. The molecule has 4 aliphatic rings. The molecular formula is C14H26N2. The molecule has 2 heteroatoms. The largest absolute Gasteiger partial charge is 0.330 e. The van der Waals surface area contributed by atoms with Crippen LogP contribution in [0, 0.1) is 22.7 Å². The van der Waals surface area contributed by atoms with Crippen molar-refractivity contribution in [2.75, 3.05) is 13.1 Å². The summed E-state index contributed by atoms with van der Waals surface area (Å²) in [5, 5.41) is 0. The predicted molar refractivity (Wildman–Crippen MR) is 66.9 cm³/mol. The van der Waals surface area contributed by atoms with Gasteiger partial charge in [0.1, 0.15) is 0 Å². The molecule has 0 unspecified atom stereocenters. The van der Waals surface area contributed by atoms with E-state index in [2.05, 4.69) is 0 Å². The predicted octanol–water partition coefficient (Wildman–Crippen LogP) is 2.27. The molecule has 0 radical (unpaired) electrons. The summed E-state index contributed by atoms with van der Waals surface area (Å²) in [7, 11) is 0. The van der Waals surface area contributed by atoms with Crippen molar-refractivity contribution in [2.24, 2.45) is 34.1 Å². The van der Waals surface area contributed by atoms with Crippen molar-refractivity contribution in [3.63, 3.8) is 0 Å². The van der Waals surface area contributed by atoms with Gasteiger partial charge in [0.2, 0.25) is 0 Å². The first-order valence-corrected chi connectivity index (χ1v) is 7.09. The lowest BCUT2D eigenvalue weighted by atomic mass is 9.43. The van der Waals surface area contributed by atoms with Crippen LogP contribution in [0.2, 0.25) is 0 Å². The van der Waals surface area contributed by atoms with Crippen LogP contribution in [-0.2, 0) is 0 Å². The third kappa shape index (κ3) is 1.62. The van der Waals surface area contributed by atoms with Crippen LogP contribution in [0.25, 0.3) is 0 Å². The van der Waals surface area contributed by atoms with Gasteiger partial charge >= 0.3 is 0 Å². The van der Waals surface area contributed by atoms with Gasteiger partial charge in [0.15, 0.2) is 0 Å². The van der Waals surface area contributed by atoms with Gasteiger partial charge in [0, 0.05) is 0 Å². The number of rotatable bonds is 4. The van der Waals surface area contributed by atoms with Crippen molar-refractivity contribution in [3.8, 4) is 0 Å². The van der Waals surface area contributed by atoms with Crippen LogP contribution in [0.5, 0.6) is 0 Å². The SMILES string of the molecule is NCCC12CC3CC(C1)CC(CCN)(C3)C2. The van der Waals surface area contributed by atoms with Crippen LogP contribution in [0.4, 0.5) is 0 Å². The molecule has 4 saturated carbocycles. The summed E-state index contributed by atoms with van der Waals surface area (Å²) < 4.78 is 0. The fourth-order valence-corrected chi connectivity index (χ4v) is 5.85. The molecular weight excluding hydrogens is 196 g/mol. The second kappa shape index (κ2) is 3.71. The number of hydrogen-bond donors (Lipinski definition) is 2. The van der Waals surface area contributed by atoms with E-state index in [4.69, 9.17) is 11.5 Å². The second-order valence-electron chi connectivity index (χ2n) is 7.04. The fourth-order valence-electron chi connectivity index (χ4n) is 5.85. The third-order valence-corrected chi connectivity index (χ3v) is 5.65. The summed E-state index contributed by atoms with van der Waals surface area (Å²) in [5.74, 6) is 2.03. The normalized spacial score (nSPS) is 49.9. The van der Waals surface area contributed by atoms with Crippen molar-refractivity contribution < 1.29 is 0 Å². The highest BCUT2D eigenvalue weighted by Gasteiger charge is 2.56. The van der Waals surface area contributed by atoms with E-state index in [0.29, 0.717) is 10.8 Å². The average Bonchev–Trinajstić information content (AvgIpc) is 2.14. The summed E-state index contributed by atoms with van der Waals surface area (Å²) in [6, 6.07) is 0. The molecule has 0 heterocycles. The van der Waals surface area contributed by atoms with Gasteiger partial charge in [-0.2, -0.15) is 0 Å². The summed E-state index contributed by atoms with van der Waals surface area (Å²) in [5.41, 5.74) is 13.0. The summed E-state index contributed by atoms with van der Waals surface area (Å²) in [6.45, 7) is 1.77. The lowest BCUT2D eigenvalue weighted by Gasteiger charge is -2.62. The van der Waals surface area contributed by atoms with E-state index in [1.807, 2.05) is 0 Å². The highest BCUT2D eigenvalue weighted by molar-refractivity contribution is 5.07. The maximum Gasteiger partial charge on any atom is -0.00720 e. The monoisotopic (exact) mass is 222 g/mol. The van der Waals surface area contributed by atoms with Crippen LogP contribution >= 0.6 is 0 Å². The van der Waals surface area contributed by atoms with Crippen molar-refractivity contribution in [3.05, 3.63) is 0 Å². The highest BCUT2D eigenvalue weighted by atomic mass is 14.7. The van der Waals surface area contributed by atoms with Gasteiger partial charge in [-0.25, -0.2) is 0 Å². The molecule has 0 amide bonds. The topological polar surface area (TPSA) is 52.0 Å². The van der Waals surface area contributed by atoms with Gasteiger partial charge in [-0.05, 0) is 87.1 Å². The van der Waals surface area contributed by atoms with Crippen molar-refractivity contribution in [2.45, 2.75) is 51.4 Å². The second-order valence-corrected chi connectivity index (χ2v) is 7.04. The molecule has 92 valence electrons. The molecule has 2 nitrogen and oxygen atoms in total. The molecule has 4 fully saturated rings. The van der Waals surface area contributed by atoms with Crippen molar-refractivity contribution in [1.29, 1.82) is 0 Å². The summed E-state index contributed by atoms with van der Waals surface area (Å²) in [6.07, 6.45) is 11.4. The Morgan fingerprint density at radius 2 is 1.25 bits per heavy atom. The van der Waals surface area contributed by atoms with Crippen LogP contribution in [0.1, 0.15) is 51.4 Å². The van der Waals surface area contributed by atoms with Crippen LogP contribution in [-0.4, -0.2) is 13.1 Å². The number of nitrogens with two attached hydrogens (primary N) is 2. The molecule has 16 heavy (non-hydrogen) atoms. The van der Waals surface area contributed by atoms with Crippen LogP contribution in [0.3, 0.4) is 0 Å². The van der Waals surface area contributed by atoms with Crippen molar-refractivity contribution >= 4 is 0 Å². The molecule has 0 atom stereocenters.